The van der Waals surface area contributed by atoms with Crippen LogP contribution in [0.15, 0.2) is 41.3 Å². The number of thiazole rings is 1. The fourth-order valence-electron chi connectivity index (χ4n) is 4.63. The van der Waals surface area contributed by atoms with Crippen molar-refractivity contribution in [3.05, 3.63) is 47.1 Å². The molecule has 1 atom stereocenters. The molecule has 2 aromatic carbocycles. The van der Waals surface area contributed by atoms with Crippen molar-refractivity contribution in [1.29, 1.82) is 0 Å². The number of ketones is 1. The first kappa shape index (κ1) is 33.5. The number of nitrogens with one attached hydrogen (secondary N) is 2. The normalized spacial score (nSPS) is 15.8. The second-order valence-corrected chi connectivity index (χ2v) is 14.1. The number of aliphatic hydroxyl groups is 1. The molecule has 0 saturated carbocycles. The van der Waals surface area contributed by atoms with Crippen LogP contribution in [0.2, 0.25) is 0 Å². The van der Waals surface area contributed by atoms with Gasteiger partial charge in [0.15, 0.2) is 10.8 Å². The summed E-state index contributed by atoms with van der Waals surface area (Å²) >= 11 is 0.857. The Kier molecular flexibility index (Phi) is 9.54. The number of rotatable bonds is 9. The summed E-state index contributed by atoms with van der Waals surface area (Å²) in [6.07, 6.45) is -3.26. The van der Waals surface area contributed by atoms with Gasteiger partial charge in [0.25, 0.3) is 11.8 Å². The molecule has 0 unspecified atom stereocenters. The Hall–Kier alpha value is -3.40. The lowest BCUT2D eigenvalue weighted by molar-refractivity contribution is -0.147. The first-order chi connectivity index (χ1) is 20.4. The predicted octanol–water partition coefficient (Wildman–Crippen LogP) is 4.13. The summed E-state index contributed by atoms with van der Waals surface area (Å²) in [6.45, 7) is 5.81. The van der Waals surface area contributed by atoms with Crippen molar-refractivity contribution >= 4 is 49.7 Å². The average Bonchev–Trinajstić information content (AvgIpc) is 3.39. The van der Waals surface area contributed by atoms with E-state index in [4.69, 9.17) is 0 Å². The highest BCUT2D eigenvalue weighted by Crippen LogP contribution is 2.39. The molecule has 1 saturated heterocycles. The Balaban J connectivity index is 1.81. The van der Waals surface area contributed by atoms with Crippen LogP contribution in [0.3, 0.4) is 0 Å². The van der Waals surface area contributed by atoms with Crippen LogP contribution in [-0.4, -0.2) is 78.5 Å². The summed E-state index contributed by atoms with van der Waals surface area (Å²) in [4.78, 5) is 44.8. The third-order valence-electron chi connectivity index (χ3n) is 7.43. The number of likely N-dealkylation sites (tertiary alicyclic amines) is 1. The molecule has 3 N–H and O–H groups in total. The molecular formula is C29H33F3N4O6S2. The predicted molar refractivity (Wildman–Crippen MR) is 159 cm³/mol. The minimum absolute atomic E-state index is 0.0481. The Morgan fingerprint density at radius 2 is 1.70 bits per heavy atom. The summed E-state index contributed by atoms with van der Waals surface area (Å²) < 4.78 is 67.4. The van der Waals surface area contributed by atoms with Crippen molar-refractivity contribution in [3.8, 4) is 10.4 Å². The molecule has 2 heterocycles. The first-order valence-electron chi connectivity index (χ1n) is 13.8. The lowest BCUT2D eigenvalue weighted by Crippen LogP contribution is -2.43. The second kappa shape index (κ2) is 12.5. The number of aromatic nitrogens is 1. The Morgan fingerprint density at radius 1 is 1.09 bits per heavy atom. The maximum Gasteiger partial charge on any atom is 0.404 e. The van der Waals surface area contributed by atoms with Crippen LogP contribution in [0, 0.1) is 5.92 Å². The highest BCUT2D eigenvalue weighted by molar-refractivity contribution is 7.89. The molecule has 10 nitrogen and oxygen atoms in total. The van der Waals surface area contributed by atoms with Gasteiger partial charge in [-0.3, -0.25) is 14.4 Å². The molecule has 1 aliphatic rings. The third-order valence-corrected chi connectivity index (χ3v) is 10.1. The van der Waals surface area contributed by atoms with Crippen LogP contribution in [0.4, 0.5) is 13.2 Å². The van der Waals surface area contributed by atoms with E-state index >= 15 is 0 Å². The fraction of sp³-hybridized carbons (Fsp3) is 0.448. The molecule has 4 rings (SSSR count). The molecule has 3 aromatic rings. The maximum absolute atomic E-state index is 13.8. The van der Waals surface area contributed by atoms with Crippen LogP contribution in [0.5, 0.6) is 0 Å². The number of carbonyl (C=O) groups is 3. The van der Waals surface area contributed by atoms with Crippen LogP contribution in [-0.2, 0) is 14.8 Å². The number of amides is 2. The van der Waals surface area contributed by atoms with Crippen LogP contribution in [0.25, 0.3) is 21.2 Å². The Morgan fingerprint density at radius 3 is 2.30 bits per heavy atom. The molecule has 44 heavy (non-hydrogen) atoms. The van der Waals surface area contributed by atoms with Crippen molar-refractivity contribution in [2.45, 2.75) is 63.3 Å². The molecule has 238 valence electrons. The van der Waals surface area contributed by atoms with Gasteiger partial charge < -0.3 is 15.3 Å². The highest BCUT2D eigenvalue weighted by Gasteiger charge is 2.39. The zero-order valence-corrected chi connectivity index (χ0v) is 26.1. The van der Waals surface area contributed by atoms with E-state index in [9.17, 15) is 41.1 Å². The van der Waals surface area contributed by atoms with Crippen molar-refractivity contribution in [3.63, 3.8) is 0 Å². The molecule has 2 amide bonds. The fourth-order valence-corrected chi connectivity index (χ4v) is 7.08. The largest absolute Gasteiger partial charge is 0.404 e. The van der Waals surface area contributed by atoms with Gasteiger partial charge in [-0.25, -0.2) is 13.4 Å². The van der Waals surface area contributed by atoms with E-state index in [1.54, 1.807) is 21.8 Å². The number of halogens is 3. The number of alkyl halides is 3. The zero-order valence-electron chi connectivity index (χ0n) is 24.5. The number of sulfonamides is 1. The minimum Gasteiger partial charge on any atom is -0.383 e. The molecule has 1 fully saturated rings. The Labute approximate surface area is 256 Å². The second-order valence-electron chi connectivity index (χ2n) is 11.4. The van der Waals surface area contributed by atoms with Crippen molar-refractivity contribution in [1.82, 2.24) is 19.9 Å². The number of hydrogen-bond acceptors (Lipinski definition) is 8. The molecule has 0 radical (unpaired) electrons. The van der Waals surface area contributed by atoms with Crippen LogP contribution < -0.4 is 10.0 Å². The SMILES string of the molecule is CC1CCN(C(=O)c2nc(C(=O)NCC(=O)C(C)(C)O)sc2-c2ccc(S(=O)(=O)N[C@@H](C)C(F)(F)F)c3ccccc23)CC1. The van der Waals surface area contributed by atoms with E-state index in [-0.39, 0.29) is 21.0 Å². The van der Waals surface area contributed by atoms with Gasteiger partial charge >= 0.3 is 6.18 Å². The quantitative estimate of drug-likeness (QED) is 0.315. The Bertz CT molecular complexity index is 1690. The molecule has 0 aliphatic carbocycles. The monoisotopic (exact) mass is 654 g/mol. The first-order valence-corrected chi connectivity index (χ1v) is 16.1. The molecule has 15 heteroatoms. The van der Waals surface area contributed by atoms with Crippen molar-refractivity contribution in [2.24, 2.45) is 5.92 Å². The highest BCUT2D eigenvalue weighted by atomic mass is 32.2. The van der Waals surface area contributed by atoms with Gasteiger partial charge in [-0.2, -0.15) is 17.9 Å². The zero-order chi connectivity index (χ0) is 32.6. The van der Waals surface area contributed by atoms with E-state index in [1.807, 2.05) is 0 Å². The lowest BCUT2D eigenvalue weighted by Gasteiger charge is -2.30. The smallest absolute Gasteiger partial charge is 0.383 e. The van der Waals surface area contributed by atoms with Gasteiger partial charge in [-0.15, -0.1) is 11.3 Å². The minimum atomic E-state index is -4.80. The molecule has 1 aliphatic heterocycles. The molecule has 0 bridgehead atoms. The summed E-state index contributed by atoms with van der Waals surface area (Å²) in [5, 5.41) is 12.6. The summed E-state index contributed by atoms with van der Waals surface area (Å²) in [6, 6.07) is 6.33. The number of benzene rings is 2. The van der Waals surface area contributed by atoms with Crippen molar-refractivity contribution in [2.75, 3.05) is 19.6 Å². The van der Waals surface area contributed by atoms with Crippen LogP contribution >= 0.6 is 11.3 Å². The van der Waals surface area contributed by atoms with E-state index in [2.05, 4.69) is 17.2 Å². The van der Waals surface area contributed by atoms with Crippen LogP contribution in [0.1, 0.15) is 60.8 Å². The summed E-state index contributed by atoms with van der Waals surface area (Å²) in [7, 11) is -4.63. The van der Waals surface area contributed by atoms with Gasteiger partial charge in [-0.1, -0.05) is 37.3 Å². The standard InChI is InChI=1S/C29H33F3N4O6S2/c1-16-11-13-36(14-12-16)27(39)23-24(43-26(34-23)25(38)33-15-22(37)28(3,4)40)20-9-10-21(19-8-6-5-7-18(19)20)44(41,42)35-17(2)29(30,31)32/h5-10,16-17,35,40H,11-15H2,1-4H3,(H,33,38)/t17-/m0/s1. The van der Waals surface area contributed by atoms with E-state index < -0.39 is 56.9 Å². The third kappa shape index (κ3) is 7.28. The molecule has 0 spiro atoms. The maximum atomic E-state index is 13.8. The van der Waals surface area contributed by atoms with Gasteiger partial charge in [0.2, 0.25) is 10.0 Å². The molecular weight excluding hydrogens is 621 g/mol. The number of hydrogen-bond donors (Lipinski definition) is 3. The average molecular weight is 655 g/mol. The number of nitrogens with zero attached hydrogens (tertiary/aromatic N) is 2. The molecule has 1 aromatic heterocycles. The van der Waals surface area contributed by atoms with Gasteiger partial charge in [0.1, 0.15) is 17.3 Å². The topological polar surface area (TPSA) is 146 Å². The number of Topliss-reactive ketones (excluding diaryl/α,β-unsaturated/α-hetero) is 1. The number of fused-ring (bicyclic) bond motifs is 1. The van der Waals surface area contributed by atoms with E-state index in [0.29, 0.717) is 36.9 Å². The van der Waals surface area contributed by atoms with E-state index in [0.717, 1.165) is 30.2 Å². The van der Waals surface area contributed by atoms with Crippen molar-refractivity contribution < 1.29 is 41.1 Å². The number of piperidine rings is 1. The van der Waals surface area contributed by atoms with E-state index in [1.165, 1.54) is 32.0 Å². The van der Waals surface area contributed by atoms with Gasteiger partial charge in [-0.05, 0) is 51.0 Å². The number of carbonyl (C=O) groups excluding carboxylic acids is 3. The summed E-state index contributed by atoms with van der Waals surface area (Å²) in [5.41, 5.74) is -1.38. The van der Waals surface area contributed by atoms with Gasteiger partial charge in [0.05, 0.1) is 16.3 Å². The van der Waals surface area contributed by atoms with Gasteiger partial charge in [0, 0.05) is 24.0 Å². The summed E-state index contributed by atoms with van der Waals surface area (Å²) in [5.74, 6) is -1.40. The lowest BCUT2D eigenvalue weighted by atomic mass is 9.98.